The van der Waals surface area contributed by atoms with E-state index in [2.05, 4.69) is 31.2 Å². The number of H-pyrrole nitrogens is 1. The SMILES string of the molecule is N#Cc1cc(Br)ccc1NC(=O)c1nc[nH]c1C(=O)O. The molecule has 1 amide bonds. The molecule has 1 heterocycles. The Morgan fingerprint density at radius 2 is 2.20 bits per heavy atom. The summed E-state index contributed by atoms with van der Waals surface area (Å²) in [7, 11) is 0. The first-order valence-electron chi connectivity index (χ1n) is 5.30. The summed E-state index contributed by atoms with van der Waals surface area (Å²) < 4.78 is 0.693. The predicted molar refractivity (Wildman–Crippen MR) is 72.4 cm³/mol. The summed E-state index contributed by atoms with van der Waals surface area (Å²) in [6.07, 6.45) is 1.12. The van der Waals surface area contributed by atoms with Crippen LogP contribution in [0.5, 0.6) is 0 Å². The molecule has 1 aromatic carbocycles. The number of aromatic nitrogens is 2. The topological polar surface area (TPSA) is 119 Å². The van der Waals surface area contributed by atoms with Crippen LogP contribution < -0.4 is 5.32 Å². The van der Waals surface area contributed by atoms with E-state index in [1.807, 2.05) is 6.07 Å². The van der Waals surface area contributed by atoms with Crippen molar-refractivity contribution in [2.24, 2.45) is 0 Å². The van der Waals surface area contributed by atoms with E-state index in [-0.39, 0.29) is 22.6 Å². The highest BCUT2D eigenvalue weighted by Gasteiger charge is 2.20. The number of aromatic amines is 1. The highest BCUT2D eigenvalue weighted by Crippen LogP contribution is 2.21. The Morgan fingerprint density at radius 3 is 2.85 bits per heavy atom. The largest absolute Gasteiger partial charge is 0.477 e. The third kappa shape index (κ3) is 2.67. The van der Waals surface area contributed by atoms with Crippen LogP contribution in [0, 0.1) is 11.3 Å². The lowest BCUT2D eigenvalue weighted by Crippen LogP contribution is -2.17. The summed E-state index contributed by atoms with van der Waals surface area (Å²) in [5.41, 5.74) is -0.0254. The van der Waals surface area contributed by atoms with Crippen LogP contribution in [0.2, 0.25) is 0 Å². The fourth-order valence-corrected chi connectivity index (χ4v) is 1.89. The van der Waals surface area contributed by atoms with E-state index in [9.17, 15) is 9.59 Å². The van der Waals surface area contributed by atoms with E-state index in [1.165, 1.54) is 12.1 Å². The summed E-state index contributed by atoms with van der Waals surface area (Å²) in [4.78, 5) is 28.9. The van der Waals surface area contributed by atoms with Gasteiger partial charge in [-0.1, -0.05) is 15.9 Å². The van der Waals surface area contributed by atoms with Crippen LogP contribution in [0.3, 0.4) is 0 Å². The van der Waals surface area contributed by atoms with Gasteiger partial charge >= 0.3 is 5.97 Å². The first-order chi connectivity index (χ1) is 9.52. The van der Waals surface area contributed by atoms with E-state index in [0.717, 1.165) is 6.33 Å². The monoisotopic (exact) mass is 334 g/mol. The van der Waals surface area contributed by atoms with Crippen LogP contribution in [0.25, 0.3) is 0 Å². The maximum Gasteiger partial charge on any atom is 0.354 e. The molecular weight excluding hydrogens is 328 g/mol. The summed E-state index contributed by atoms with van der Waals surface area (Å²) in [6.45, 7) is 0. The Kier molecular flexibility index (Phi) is 3.81. The van der Waals surface area contributed by atoms with Crippen LogP contribution >= 0.6 is 15.9 Å². The molecule has 0 fully saturated rings. The molecule has 0 unspecified atom stereocenters. The Bertz CT molecular complexity index is 733. The van der Waals surface area contributed by atoms with Gasteiger partial charge in [-0.3, -0.25) is 4.79 Å². The van der Waals surface area contributed by atoms with Gasteiger partial charge in [-0.15, -0.1) is 0 Å². The number of nitrogens with one attached hydrogen (secondary N) is 2. The minimum Gasteiger partial charge on any atom is -0.477 e. The zero-order chi connectivity index (χ0) is 14.7. The Morgan fingerprint density at radius 1 is 1.45 bits per heavy atom. The molecule has 7 nitrogen and oxygen atoms in total. The van der Waals surface area contributed by atoms with Crippen molar-refractivity contribution >= 4 is 33.5 Å². The molecule has 0 atom stereocenters. The van der Waals surface area contributed by atoms with Crippen LogP contribution in [0.4, 0.5) is 5.69 Å². The Hall–Kier alpha value is -2.66. The number of carboxylic acids is 1. The van der Waals surface area contributed by atoms with Gasteiger partial charge in [-0.2, -0.15) is 5.26 Å². The molecular formula is C12H7BrN4O3. The van der Waals surface area contributed by atoms with Gasteiger partial charge in [-0.25, -0.2) is 9.78 Å². The van der Waals surface area contributed by atoms with Gasteiger partial charge < -0.3 is 15.4 Å². The van der Waals surface area contributed by atoms with E-state index in [1.54, 1.807) is 6.07 Å². The van der Waals surface area contributed by atoms with Crippen molar-refractivity contribution in [3.05, 3.63) is 46.0 Å². The lowest BCUT2D eigenvalue weighted by molar-refractivity contribution is 0.0686. The molecule has 0 bridgehead atoms. The second kappa shape index (κ2) is 5.54. The number of benzene rings is 1. The predicted octanol–water partition coefficient (Wildman–Crippen LogP) is 1.99. The van der Waals surface area contributed by atoms with Gasteiger partial charge in [0.25, 0.3) is 5.91 Å². The first-order valence-corrected chi connectivity index (χ1v) is 6.10. The number of carboxylic acid groups (broad SMARTS) is 1. The maximum atomic E-state index is 12.0. The fourth-order valence-electron chi connectivity index (χ4n) is 1.53. The molecule has 2 aromatic rings. The summed E-state index contributed by atoms with van der Waals surface area (Å²) in [5, 5.41) is 20.3. The highest BCUT2D eigenvalue weighted by molar-refractivity contribution is 9.10. The number of halogens is 1. The van der Waals surface area contributed by atoms with Crippen molar-refractivity contribution in [3.63, 3.8) is 0 Å². The van der Waals surface area contributed by atoms with Gasteiger partial charge in [0.2, 0.25) is 0 Å². The Balaban J connectivity index is 2.31. The van der Waals surface area contributed by atoms with Crippen molar-refractivity contribution in [1.82, 2.24) is 9.97 Å². The minimum atomic E-state index is -1.29. The van der Waals surface area contributed by atoms with Crippen molar-refractivity contribution in [3.8, 4) is 6.07 Å². The summed E-state index contributed by atoms with van der Waals surface area (Å²) >= 11 is 3.21. The number of hydrogen-bond acceptors (Lipinski definition) is 4. The number of nitriles is 1. The number of hydrogen-bond donors (Lipinski definition) is 3. The third-order valence-corrected chi connectivity index (χ3v) is 2.91. The Labute approximate surface area is 121 Å². The lowest BCUT2D eigenvalue weighted by Gasteiger charge is -2.06. The third-order valence-electron chi connectivity index (χ3n) is 2.42. The minimum absolute atomic E-state index is 0.246. The average molecular weight is 335 g/mol. The van der Waals surface area contributed by atoms with E-state index in [4.69, 9.17) is 10.4 Å². The molecule has 3 N–H and O–H groups in total. The molecule has 0 saturated heterocycles. The number of nitrogens with zero attached hydrogens (tertiary/aromatic N) is 2. The molecule has 20 heavy (non-hydrogen) atoms. The van der Waals surface area contributed by atoms with Crippen molar-refractivity contribution < 1.29 is 14.7 Å². The molecule has 1 aromatic heterocycles. The standard InChI is InChI=1S/C12H7BrN4O3/c13-7-1-2-8(6(3-7)4-14)17-11(18)9-10(12(19)20)16-5-15-9/h1-3,5H,(H,15,16)(H,17,18)(H,19,20). The first kappa shape index (κ1) is 13.8. The maximum absolute atomic E-state index is 12.0. The number of carbonyl (C=O) groups excluding carboxylic acids is 1. The highest BCUT2D eigenvalue weighted by atomic mass is 79.9. The molecule has 2 rings (SSSR count). The molecule has 0 spiro atoms. The zero-order valence-electron chi connectivity index (χ0n) is 9.85. The number of carbonyl (C=O) groups is 2. The second-order valence-electron chi connectivity index (χ2n) is 3.69. The van der Waals surface area contributed by atoms with Crippen LogP contribution in [0.1, 0.15) is 26.5 Å². The van der Waals surface area contributed by atoms with Gasteiger partial charge in [0.1, 0.15) is 6.07 Å². The molecule has 0 aliphatic rings. The van der Waals surface area contributed by atoms with Crippen LogP contribution in [0.15, 0.2) is 29.0 Å². The number of amides is 1. The molecule has 8 heteroatoms. The van der Waals surface area contributed by atoms with E-state index < -0.39 is 11.9 Å². The molecule has 0 radical (unpaired) electrons. The van der Waals surface area contributed by atoms with E-state index >= 15 is 0 Å². The second-order valence-corrected chi connectivity index (χ2v) is 4.60. The van der Waals surface area contributed by atoms with Crippen molar-refractivity contribution in [2.45, 2.75) is 0 Å². The normalized spacial score (nSPS) is 9.80. The molecule has 0 aliphatic carbocycles. The van der Waals surface area contributed by atoms with Crippen molar-refractivity contribution in [2.75, 3.05) is 5.32 Å². The summed E-state index contributed by atoms with van der Waals surface area (Å²) in [6, 6.07) is 6.66. The zero-order valence-corrected chi connectivity index (χ0v) is 11.4. The smallest absolute Gasteiger partial charge is 0.354 e. The lowest BCUT2D eigenvalue weighted by atomic mass is 10.2. The molecule has 100 valence electrons. The van der Waals surface area contributed by atoms with E-state index in [0.29, 0.717) is 4.47 Å². The number of anilines is 1. The van der Waals surface area contributed by atoms with Gasteiger partial charge in [-0.05, 0) is 18.2 Å². The average Bonchev–Trinajstić information content (AvgIpc) is 2.90. The van der Waals surface area contributed by atoms with Gasteiger partial charge in [0.05, 0.1) is 17.6 Å². The summed E-state index contributed by atoms with van der Waals surface area (Å²) in [5.74, 6) is -1.99. The van der Waals surface area contributed by atoms with Crippen molar-refractivity contribution in [1.29, 1.82) is 5.26 Å². The van der Waals surface area contributed by atoms with Crippen LogP contribution in [-0.4, -0.2) is 27.0 Å². The number of aromatic carboxylic acids is 1. The molecule has 0 saturated carbocycles. The van der Waals surface area contributed by atoms with Gasteiger partial charge in [0, 0.05) is 4.47 Å². The van der Waals surface area contributed by atoms with Gasteiger partial charge in [0.15, 0.2) is 11.4 Å². The fraction of sp³-hybridized carbons (Fsp3) is 0. The molecule has 0 aliphatic heterocycles. The number of imidazole rings is 1. The van der Waals surface area contributed by atoms with Crippen LogP contribution in [-0.2, 0) is 0 Å². The quantitative estimate of drug-likeness (QED) is 0.792. The number of rotatable bonds is 3.